The average Bonchev–Trinajstić information content (AvgIpc) is 3.01. The first-order valence-electron chi connectivity index (χ1n) is 9.57. The lowest BCUT2D eigenvalue weighted by atomic mass is 9.75. The van der Waals surface area contributed by atoms with Gasteiger partial charge in [-0.25, -0.2) is 4.39 Å². The summed E-state index contributed by atoms with van der Waals surface area (Å²) >= 11 is 0. The van der Waals surface area contributed by atoms with Gasteiger partial charge in [-0.3, -0.25) is 14.3 Å². The van der Waals surface area contributed by atoms with Crippen LogP contribution in [0.15, 0.2) is 30.3 Å². The van der Waals surface area contributed by atoms with Gasteiger partial charge >= 0.3 is 5.97 Å². The highest BCUT2D eigenvalue weighted by atomic mass is 19.1. The summed E-state index contributed by atoms with van der Waals surface area (Å²) in [5.74, 6) is -0.904. The van der Waals surface area contributed by atoms with Gasteiger partial charge in [0.1, 0.15) is 11.5 Å². The van der Waals surface area contributed by atoms with Crippen molar-refractivity contribution in [1.82, 2.24) is 14.7 Å². The van der Waals surface area contributed by atoms with Crippen molar-refractivity contribution in [1.29, 1.82) is 0 Å². The maximum atomic E-state index is 14.3. The van der Waals surface area contributed by atoms with Crippen LogP contribution in [-0.4, -0.2) is 46.3 Å². The van der Waals surface area contributed by atoms with Gasteiger partial charge in [0.2, 0.25) is 0 Å². The molecule has 0 aliphatic carbocycles. The number of aryl methyl sites for hydroxylation is 2. The zero-order chi connectivity index (χ0) is 20.3. The maximum absolute atomic E-state index is 14.3. The Balaban J connectivity index is 1.91. The zero-order valence-corrected chi connectivity index (χ0v) is 16.6. The molecule has 1 amide bonds. The van der Waals surface area contributed by atoms with E-state index >= 15 is 0 Å². The third-order valence-corrected chi connectivity index (χ3v) is 5.28. The summed E-state index contributed by atoms with van der Waals surface area (Å²) in [7, 11) is 1.72. The van der Waals surface area contributed by atoms with Crippen molar-refractivity contribution in [3.05, 3.63) is 53.1 Å². The molecule has 0 radical (unpaired) electrons. The van der Waals surface area contributed by atoms with E-state index in [0.717, 1.165) is 5.69 Å². The van der Waals surface area contributed by atoms with Crippen molar-refractivity contribution >= 4 is 11.9 Å². The fourth-order valence-electron chi connectivity index (χ4n) is 3.95. The number of esters is 1. The molecule has 1 atom stereocenters. The molecule has 1 fully saturated rings. The molecule has 1 aliphatic rings. The molecule has 1 aliphatic heterocycles. The third-order valence-electron chi connectivity index (χ3n) is 5.28. The minimum Gasteiger partial charge on any atom is -0.466 e. The lowest BCUT2D eigenvalue weighted by molar-refractivity contribution is -0.158. The quantitative estimate of drug-likeness (QED) is 0.740. The number of likely N-dealkylation sites (tertiary alicyclic amines) is 1. The van der Waals surface area contributed by atoms with Gasteiger partial charge in [-0.2, -0.15) is 5.10 Å². The Labute approximate surface area is 164 Å². The number of carbonyl (C=O) groups is 2. The summed E-state index contributed by atoms with van der Waals surface area (Å²) in [4.78, 5) is 27.6. The summed E-state index contributed by atoms with van der Waals surface area (Å²) in [5.41, 5.74) is 0.731. The van der Waals surface area contributed by atoms with Gasteiger partial charge in [0, 0.05) is 20.1 Å². The van der Waals surface area contributed by atoms with Crippen molar-refractivity contribution in [3.63, 3.8) is 0 Å². The van der Waals surface area contributed by atoms with Gasteiger partial charge in [0.15, 0.2) is 0 Å². The van der Waals surface area contributed by atoms with Crippen LogP contribution in [-0.2, 0) is 23.0 Å². The van der Waals surface area contributed by atoms with Crippen molar-refractivity contribution in [3.8, 4) is 0 Å². The monoisotopic (exact) mass is 387 g/mol. The first kappa shape index (κ1) is 20.0. The van der Waals surface area contributed by atoms with Crippen molar-refractivity contribution in [2.24, 2.45) is 12.5 Å². The Bertz CT molecular complexity index is 880. The largest absolute Gasteiger partial charge is 0.466 e. The Morgan fingerprint density at radius 2 is 2.07 bits per heavy atom. The number of piperidine rings is 1. The summed E-state index contributed by atoms with van der Waals surface area (Å²) in [5, 5.41) is 4.24. The van der Waals surface area contributed by atoms with Gasteiger partial charge in [-0.1, -0.05) is 18.2 Å². The SMILES string of the molecule is CCOC(=O)C1(Cc2ccccc2F)CCCN(C(=O)c2cc(C)nn2C)C1. The normalized spacial score (nSPS) is 19.5. The highest BCUT2D eigenvalue weighted by molar-refractivity contribution is 5.93. The molecule has 2 aromatic rings. The lowest BCUT2D eigenvalue weighted by Gasteiger charge is -2.41. The second-order valence-corrected chi connectivity index (χ2v) is 7.39. The Morgan fingerprint density at radius 1 is 1.32 bits per heavy atom. The van der Waals surface area contributed by atoms with Crippen molar-refractivity contribution < 1.29 is 18.7 Å². The van der Waals surface area contributed by atoms with E-state index in [1.807, 2.05) is 6.92 Å². The number of carbonyl (C=O) groups excluding carboxylic acids is 2. The minimum atomic E-state index is -0.959. The van der Waals surface area contributed by atoms with Crippen LogP contribution in [0.3, 0.4) is 0 Å². The number of nitrogens with zero attached hydrogens (tertiary/aromatic N) is 3. The molecule has 150 valence electrons. The summed E-state index contributed by atoms with van der Waals surface area (Å²) in [6, 6.07) is 8.18. The van der Waals surface area contributed by atoms with Crippen molar-refractivity contribution in [2.75, 3.05) is 19.7 Å². The van der Waals surface area contributed by atoms with Crippen LogP contribution in [0.1, 0.15) is 41.5 Å². The van der Waals surface area contributed by atoms with Crippen LogP contribution < -0.4 is 0 Å². The number of hydrogen-bond donors (Lipinski definition) is 0. The van der Waals surface area contributed by atoms with E-state index in [9.17, 15) is 14.0 Å². The van der Waals surface area contributed by atoms with Crippen LogP contribution in [0.2, 0.25) is 0 Å². The molecule has 7 heteroatoms. The molecule has 0 N–H and O–H groups in total. The predicted molar refractivity (Wildman–Crippen MR) is 102 cm³/mol. The first-order chi connectivity index (χ1) is 13.4. The molecule has 1 unspecified atom stereocenters. The van der Waals surface area contributed by atoms with Gasteiger partial charge in [0.25, 0.3) is 5.91 Å². The summed E-state index contributed by atoms with van der Waals surface area (Å²) < 4.78 is 21.2. The molecule has 0 bridgehead atoms. The number of amides is 1. The molecule has 0 spiro atoms. The molecule has 1 aromatic heterocycles. The van der Waals surface area contributed by atoms with Gasteiger partial charge in [0.05, 0.1) is 17.7 Å². The second kappa shape index (κ2) is 8.12. The molecule has 1 saturated heterocycles. The fraction of sp³-hybridized carbons (Fsp3) is 0.476. The lowest BCUT2D eigenvalue weighted by Crippen LogP contribution is -2.52. The van der Waals surface area contributed by atoms with Crippen LogP contribution >= 0.6 is 0 Å². The zero-order valence-electron chi connectivity index (χ0n) is 16.6. The van der Waals surface area contributed by atoms with Crippen molar-refractivity contribution in [2.45, 2.75) is 33.1 Å². The number of hydrogen-bond acceptors (Lipinski definition) is 4. The van der Waals surface area contributed by atoms with Gasteiger partial charge < -0.3 is 9.64 Å². The molecular formula is C21H26FN3O3. The number of rotatable bonds is 5. The first-order valence-corrected chi connectivity index (χ1v) is 9.57. The molecule has 28 heavy (non-hydrogen) atoms. The van der Waals surface area contributed by atoms with Gasteiger partial charge in [-0.05, 0) is 50.8 Å². The second-order valence-electron chi connectivity index (χ2n) is 7.39. The Morgan fingerprint density at radius 3 is 2.71 bits per heavy atom. The highest BCUT2D eigenvalue weighted by Crippen LogP contribution is 2.36. The van der Waals surface area contributed by atoms with Crippen LogP contribution in [0, 0.1) is 18.2 Å². The van der Waals surface area contributed by atoms with E-state index in [2.05, 4.69) is 5.10 Å². The van der Waals surface area contributed by atoms with Crippen LogP contribution in [0.5, 0.6) is 0 Å². The molecule has 6 nitrogen and oxygen atoms in total. The molecule has 1 aromatic carbocycles. The predicted octanol–water partition coefficient (Wildman–Crippen LogP) is 2.90. The topological polar surface area (TPSA) is 64.4 Å². The summed E-state index contributed by atoms with van der Waals surface area (Å²) in [6.07, 6.45) is 1.40. The molecule has 3 rings (SSSR count). The Kier molecular flexibility index (Phi) is 5.82. The molecule has 0 saturated carbocycles. The summed E-state index contributed by atoms with van der Waals surface area (Å²) in [6.45, 7) is 4.56. The van der Waals surface area contributed by atoms with Crippen LogP contribution in [0.4, 0.5) is 4.39 Å². The highest BCUT2D eigenvalue weighted by Gasteiger charge is 2.45. The van der Waals surface area contributed by atoms with E-state index in [-0.39, 0.29) is 37.3 Å². The maximum Gasteiger partial charge on any atom is 0.314 e. The average molecular weight is 387 g/mol. The number of aromatic nitrogens is 2. The van der Waals surface area contributed by atoms with Gasteiger partial charge in [-0.15, -0.1) is 0 Å². The molecule has 2 heterocycles. The van der Waals surface area contributed by atoms with E-state index < -0.39 is 5.41 Å². The molecular weight excluding hydrogens is 361 g/mol. The van der Waals surface area contributed by atoms with E-state index in [4.69, 9.17) is 4.74 Å². The third kappa shape index (κ3) is 3.93. The standard InChI is InChI=1S/C21H26FN3O3/c1-4-28-20(27)21(13-16-8-5-6-9-17(16)22)10-7-11-25(14-21)19(26)18-12-15(2)23-24(18)3/h5-6,8-9,12H,4,7,10-11,13-14H2,1-3H3. The minimum absolute atomic E-state index is 0.176. The van der Waals surface area contributed by atoms with Crippen LogP contribution in [0.25, 0.3) is 0 Å². The number of benzene rings is 1. The fourth-order valence-corrected chi connectivity index (χ4v) is 3.95. The number of ether oxygens (including phenoxy) is 1. The van der Waals surface area contributed by atoms with E-state index in [0.29, 0.717) is 30.6 Å². The Hall–Kier alpha value is -2.70. The smallest absolute Gasteiger partial charge is 0.314 e. The number of halogens is 1. The van der Waals surface area contributed by atoms with E-state index in [1.165, 1.54) is 6.07 Å². The van der Waals surface area contributed by atoms with E-state index in [1.54, 1.807) is 47.8 Å².